The molecule has 1 aromatic carbocycles. The summed E-state index contributed by atoms with van der Waals surface area (Å²) in [6.07, 6.45) is -3.89. The van der Waals surface area contributed by atoms with Crippen LogP contribution in [0.4, 0.5) is 24.0 Å². The maximum Gasteiger partial charge on any atom is 0.573 e. The predicted molar refractivity (Wildman–Crippen MR) is 91.0 cm³/mol. The fourth-order valence-corrected chi connectivity index (χ4v) is 3.64. The van der Waals surface area contributed by atoms with Gasteiger partial charge in [-0.3, -0.25) is 0 Å². The van der Waals surface area contributed by atoms with Crippen molar-refractivity contribution in [2.75, 3.05) is 11.1 Å². The molecule has 0 amide bonds. The first-order valence-electron chi connectivity index (χ1n) is 7.25. The smallest absolute Gasteiger partial charge is 0.406 e. The molecule has 2 aromatic rings. The van der Waals surface area contributed by atoms with E-state index in [0.29, 0.717) is 33.8 Å². The number of nitriles is 2. The van der Waals surface area contributed by atoms with Gasteiger partial charge in [0, 0.05) is 17.9 Å². The van der Waals surface area contributed by atoms with E-state index in [0.717, 1.165) is 0 Å². The van der Waals surface area contributed by atoms with Crippen LogP contribution >= 0.6 is 23.1 Å². The van der Waals surface area contributed by atoms with Gasteiger partial charge in [0.2, 0.25) is 5.13 Å². The second-order valence-electron chi connectivity index (χ2n) is 4.90. The van der Waals surface area contributed by atoms with Gasteiger partial charge in [-0.2, -0.15) is 10.5 Å². The number of ether oxygens (including phenoxy) is 1. The number of nitrogens with one attached hydrogen (secondary N) is 1. The summed E-state index contributed by atoms with van der Waals surface area (Å²) in [5, 5.41) is 28.9. The number of alkyl halides is 3. The summed E-state index contributed by atoms with van der Waals surface area (Å²) in [5.41, 5.74) is 0.538. The molecule has 1 N–H and O–H groups in total. The number of aromatic nitrogens is 2. The number of anilines is 2. The van der Waals surface area contributed by atoms with E-state index in [1.54, 1.807) is 0 Å². The summed E-state index contributed by atoms with van der Waals surface area (Å²) >= 11 is 2.63. The molecule has 1 atom stereocenters. The van der Waals surface area contributed by atoms with Crippen LogP contribution in [0.1, 0.15) is 12.8 Å². The molecule has 2 rings (SSSR count). The Morgan fingerprint density at radius 3 is 2.58 bits per heavy atom. The first-order chi connectivity index (χ1) is 12.4. The Balaban J connectivity index is 1.88. The van der Waals surface area contributed by atoms with Gasteiger partial charge in [0.15, 0.2) is 4.34 Å². The summed E-state index contributed by atoms with van der Waals surface area (Å²) < 4.78 is 40.8. The highest BCUT2D eigenvalue weighted by molar-refractivity contribution is 8.01. The van der Waals surface area contributed by atoms with Gasteiger partial charge in [-0.15, -0.1) is 23.4 Å². The van der Waals surface area contributed by atoms with Crippen molar-refractivity contribution in [1.29, 1.82) is 10.5 Å². The van der Waals surface area contributed by atoms with Crippen molar-refractivity contribution in [2.24, 2.45) is 5.92 Å². The Hall–Kier alpha value is -2.50. The number of thioether (sulfide) groups is 1. The van der Waals surface area contributed by atoms with Crippen molar-refractivity contribution >= 4 is 33.9 Å². The molecule has 6 nitrogen and oxygen atoms in total. The van der Waals surface area contributed by atoms with Crippen LogP contribution in [-0.4, -0.2) is 22.3 Å². The van der Waals surface area contributed by atoms with E-state index in [1.807, 2.05) is 6.07 Å². The molecule has 0 aliphatic rings. The zero-order chi connectivity index (χ0) is 19.0. The summed E-state index contributed by atoms with van der Waals surface area (Å²) in [4.78, 5) is 0. The van der Waals surface area contributed by atoms with E-state index in [9.17, 15) is 13.2 Å². The van der Waals surface area contributed by atoms with E-state index in [2.05, 4.69) is 26.3 Å². The van der Waals surface area contributed by atoms with Crippen molar-refractivity contribution in [2.45, 2.75) is 23.5 Å². The highest BCUT2D eigenvalue weighted by Crippen LogP contribution is 2.30. The van der Waals surface area contributed by atoms with Crippen molar-refractivity contribution in [3.05, 3.63) is 24.3 Å². The topological polar surface area (TPSA) is 94.6 Å². The molecule has 0 saturated heterocycles. The Morgan fingerprint density at radius 1 is 1.23 bits per heavy atom. The van der Waals surface area contributed by atoms with E-state index in [4.69, 9.17) is 10.5 Å². The molecule has 1 heterocycles. The van der Waals surface area contributed by atoms with Crippen LogP contribution in [0.3, 0.4) is 0 Å². The molecule has 0 radical (unpaired) electrons. The Labute approximate surface area is 155 Å². The first-order valence-corrected chi connectivity index (χ1v) is 9.05. The largest absolute Gasteiger partial charge is 0.573 e. The third kappa shape index (κ3) is 6.78. The lowest BCUT2D eigenvalue weighted by Crippen LogP contribution is -2.16. The van der Waals surface area contributed by atoms with Crippen LogP contribution in [0, 0.1) is 28.6 Å². The van der Waals surface area contributed by atoms with Crippen molar-refractivity contribution in [1.82, 2.24) is 10.2 Å². The highest BCUT2D eigenvalue weighted by Gasteiger charge is 2.30. The maximum absolute atomic E-state index is 12.1. The fourth-order valence-electron chi connectivity index (χ4n) is 1.78. The van der Waals surface area contributed by atoms with E-state index < -0.39 is 6.36 Å². The van der Waals surface area contributed by atoms with E-state index in [1.165, 1.54) is 47.4 Å². The number of halogens is 3. The average Bonchev–Trinajstić information content (AvgIpc) is 3.03. The SMILES string of the molecule is N#CCCC(C#N)CSc1nnc(Nc2ccc(OC(F)(F)F)cc2)s1. The minimum Gasteiger partial charge on any atom is -0.406 e. The standard InChI is InChI=1S/C15H12F3N5OS2/c16-15(17,18)24-12-5-3-11(4-6-12)21-13-22-23-14(26-13)25-9-10(8-20)2-1-7-19/h3-6,10H,1-2,9H2,(H,21,22). The zero-order valence-electron chi connectivity index (χ0n) is 13.2. The molecule has 0 fully saturated rings. The van der Waals surface area contributed by atoms with Crippen LogP contribution in [0.5, 0.6) is 5.75 Å². The quantitative estimate of drug-likeness (QED) is 0.642. The number of rotatable bonds is 8. The number of nitrogens with zero attached hydrogens (tertiary/aromatic N) is 4. The Kier molecular flexibility index (Phi) is 7.06. The molecule has 136 valence electrons. The molecule has 1 aromatic heterocycles. The minimum atomic E-state index is -4.73. The second kappa shape index (κ2) is 9.27. The zero-order valence-corrected chi connectivity index (χ0v) is 14.8. The molecular weight excluding hydrogens is 387 g/mol. The van der Waals surface area contributed by atoms with Crippen LogP contribution in [0.25, 0.3) is 0 Å². The Morgan fingerprint density at radius 2 is 1.96 bits per heavy atom. The molecule has 0 aliphatic heterocycles. The highest BCUT2D eigenvalue weighted by atomic mass is 32.2. The fraction of sp³-hybridized carbons (Fsp3) is 0.333. The summed E-state index contributed by atoms with van der Waals surface area (Å²) in [6.45, 7) is 0. The molecule has 0 spiro atoms. The summed E-state index contributed by atoms with van der Waals surface area (Å²) in [6, 6.07) is 9.42. The van der Waals surface area contributed by atoms with Gasteiger partial charge in [-0.05, 0) is 30.7 Å². The number of hydrogen-bond acceptors (Lipinski definition) is 8. The molecule has 26 heavy (non-hydrogen) atoms. The Bertz CT molecular complexity index is 795. The lowest BCUT2D eigenvalue weighted by atomic mass is 10.1. The van der Waals surface area contributed by atoms with Crippen LogP contribution in [0.2, 0.25) is 0 Å². The monoisotopic (exact) mass is 399 g/mol. The van der Waals surface area contributed by atoms with Crippen LogP contribution in [-0.2, 0) is 0 Å². The van der Waals surface area contributed by atoms with Gasteiger partial charge >= 0.3 is 6.36 Å². The predicted octanol–water partition coefficient (Wildman–Crippen LogP) is 4.72. The van der Waals surface area contributed by atoms with Crippen LogP contribution in [0.15, 0.2) is 28.6 Å². The van der Waals surface area contributed by atoms with Crippen molar-refractivity contribution < 1.29 is 17.9 Å². The molecule has 0 bridgehead atoms. The maximum atomic E-state index is 12.1. The van der Waals surface area contributed by atoms with Gasteiger partial charge in [0.05, 0.1) is 18.1 Å². The third-order valence-corrected chi connectivity index (χ3v) is 5.08. The third-order valence-electron chi connectivity index (χ3n) is 2.94. The summed E-state index contributed by atoms with van der Waals surface area (Å²) in [7, 11) is 0. The molecule has 0 saturated carbocycles. The average molecular weight is 399 g/mol. The molecular formula is C15H12F3N5OS2. The normalized spacial score (nSPS) is 12.0. The van der Waals surface area contributed by atoms with Crippen molar-refractivity contribution in [3.63, 3.8) is 0 Å². The molecule has 1 unspecified atom stereocenters. The van der Waals surface area contributed by atoms with Gasteiger partial charge in [0.1, 0.15) is 5.75 Å². The number of hydrogen-bond donors (Lipinski definition) is 1. The van der Waals surface area contributed by atoms with Gasteiger partial charge in [0.25, 0.3) is 0 Å². The van der Waals surface area contributed by atoms with Crippen LogP contribution < -0.4 is 10.1 Å². The summed E-state index contributed by atoms with van der Waals surface area (Å²) in [5.74, 6) is -0.0337. The van der Waals surface area contributed by atoms with E-state index >= 15 is 0 Å². The lowest BCUT2D eigenvalue weighted by molar-refractivity contribution is -0.274. The second-order valence-corrected chi connectivity index (χ2v) is 7.15. The first kappa shape index (κ1) is 19.8. The van der Waals surface area contributed by atoms with Gasteiger partial charge in [-0.1, -0.05) is 23.1 Å². The molecule has 11 heteroatoms. The molecule has 0 aliphatic carbocycles. The minimum absolute atomic E-state index is 0.235. The van der Waals surface area contributed by atoms with Gasteiger partial charge in [-0.25, -0.2) is 0 Å². The van der Waals surface area contributed by atoms with Gasteiger partial charge < -0.3 is 10.1 Å². The van der Waals surface area contributed by atoms with E-state index in [-0.39, 0.29) is 11.7 Å². The number of benzene rings is 1. The van der Waals surface area contributed by atoms with Crippen molar-refractivity contribution in [3.8, 4) is 17.9 Å². The lowest BCUT2D eigenvalue weighted by Gasteiger charge is -2.09.